The highest BCUT2D eigenvalue weighted by molar-refractivity contribution is 5.77. The molecule has 0 rings (SSSR count). The number of amides is 1. The maximum atomic E-state index is 13.1. The van der Waals surface area contributed by atoms with Crippen molar-refractivity contribution in [3.05, 3.63) is 24.3 Å². The van der Waals surface area contributed by atoms with Gasteiger partial charge in [0.15, 0.2) is 0 Å². The van der Waals surface area contributed by atoms with Crippen LogP contribution >= 0.6 is 0 Å². The molecule has 0 aromatic rings. The Morgan fingerprint density at radius 1 is 0.528 bits per heavy atom. The third-order valence-corrected chi connectivity index (χ3v) is 10.5. The van der Waals surface area contributed by atoms with Crippen LogP contribution in [0.2, 0.25) is 0 Å². The van der Waals surface area contributed by atoms with Gasteiger partial charge in [-0.25, -0.2) is 0 Å². The number of allylic oxidation sites excluding steroid dienone is 4. The third-order valence-electron chi connectivity index (χ3n) is 10.5. The first-order chi connectivity index (χ1) is 26.0. The van der Waals surface area contributed by atoms with Crippen LogP contribution in [0.5, 0.6) is 0 Å². The van der Waals surface area contributed by atoms with Gasteiger partial charge < -0.3 is 20.3 Å². The van der Waals surface area contributed by atoms with E-state index < -0.39 is 18.2 Å². The minimum atomic E-state index is -0.791. The summed E-state index contributed by atoms with van der Waals surface area (Å²) in [5, 5.41) is 23.6. The lowest BCUT2D eigenvalue weighted by atomic mass is 10.0. The molecule has 53 heavy (non-hydrogen) atoms. The number of hydrogen-bond donors (Lipinski definition) is 3. The van der Waals surface area contributed by atoms with Crippen molar-refractivity contribution in [2.24, 2.45) is 0 Å². The molecule has 312 valence electrons. The Labute approximate surface area is 329 Å². The van der Waals surface area contributed by atoms with E-state index in [-0.39, 0.29) is 24.9 Å². The summed E-state index contributed by atoms with van der Waals surface area (Å²) in [6, 6.07) is -0.706. The highest BCUT2D eigenvalue weighted by Crippen LogP contribution is 2.16. The van der Waals surface area contributed by atoms with Crippen LogP contribution in [0.3, 0.4) is 0 Å². The molecule has 1 amide bonds. The summed E-state index contributed by atoms with van der Waals surface area (Å²) in [6.07, 6.45) is 45.3. The first kappa shape index (κ1) is 51.3. The second-order valence-corrected chi connectivity index (χ2v) is 15.8. The average molecular weight is 748 g/mol. The summed E-state index contributed by atoms with van der Waals surface area (Å²) >= 11 is 0. The van der Waals surface area contributed by atoms with E-state index in [2.05, 4.69) is 50.4 Å². The quantitative estimate of drug-likeness (QED) is 0.0329. The van der Waals surface area contributed by atoms with E-state index in [0.717, 1.165) is 64.2 Å². The molecule has 0 radical (unpaired) electrons. The summed E-state index contributed by atoms with van der Waals surface area (Å²) in [7, 11) is 0. The van der Waals surface area contributed by atoms with E-state index in [9.17, 15) is 19.8 Å². The molecular weight excluding hydrogens is 659 g/mol. The van der Waals surface area contributed by atoms with E-state index in [1.165, 1.54) is 128 Å². The summed E-state index contributed by atoms with van der Waals surface area (Å²) in [6.45, 7) is 6.43. The van der Waals surface area contributed by atoms with Gasteiger partial charge in [0.2, 0.25) is 5.91 Å². The Balaban J connectivity index is 4.63. The Morgan fingerprint density at radius 3 is 1.38 bits per heavy atom. The van der Waals surface area contributed by atoms with Gasteiger partial charge in [-0.05, 0) is 70.6 Å². The monoisotopic (exact) mass is 748 g/mol. The van der Waals surface area contributed by atoms with Crippen LogP contribution < -0.4 is 5.32 Å². The molecule has 0 saturated heterocycles. The number of carbonyl (C=O) groups is 2. The highest BCUT2D eigenvalue weighted by atomic mass is 16.5. The molecule has 0 fully saturated rings. The van der Waals surface area contributed by atoms with Crippen LogP contribution in [0.1, 0.15) is 239 Å². The minimum Gasteiger partial charge on any atom is -0.462 e. The number of esters is 1. The second-order valence-electron chi connectivity index (χ2n) is 15.8. The van der Waals surface area contributed by atoms with Crippen LogP contribution in [-0.2, 0) is 14.3 Å². The SMILES string of the molecule is CCCCCCCC/C=C\CCCCCC(=O)OC(CCC/C=C\CCCCCCCC)CC(=O)NC(CO)C(O)CCCCCCCCCCCC. The third kappa shape index (κ3) is 37.1. The fourth-order valence-electron chi connectivity index (χ4n) is 6.95. The number of rotatable bonds is 41. The molecule has 0 aromatic heterocycles. The van der Waals surface area contributed by atoms with Crippen molar-refractivity contribution < 1.29 is 24.5 Å². The topological polar surface area (TPSA) is 95.9 Å². The molecule has 0 aliphatic heterocycles. The summed E-state index contributed by atoms with van der Waals surface area (Å²) < 4.78 is 5.87. The van der Waals surface area contributed by atoms with Crippen molar-refractivity contribution in [3.63, 3.8) is 0 Å². The number of ether oxygens (including phenoxy) is 1. The molecule has 0 heterocycles. The van der Waals surface area contributed by atoms with Crippen molar-refractivity contribution in [1.29, 1.82) is 0 Å². The van der Waals surface area contributed by atoms with Gasteiger partial charge in [0.1, 0.15) is 6.10 Å². The first-order valence-electron chi connectivity index (χ1n) is 23.1. The van der Waals surface area contributed by atoms with Crippen molar-refractivity contribution in [1.82, 2.24) is 5.32 Å². The molecule has 0 spiro atoms. The summed E-state index contributed by atoms with van der Waals surface area (Å²) in [4.78, 5) is 25.9. The molecule has 3 atom stereocenters. The number of hydrogen-bond acceptors (Lipinski definition) is 5. The zero-order valence-electron chi connectivity index (χ0n) is 35.4. The lowest BCUT2D eigenvalue weighted by molar-refractivity contribution is -0.151. The van der Waals surface area contributed by atoms with Gasteiger partial charge >= 0.3 is 5.97 Å². The van der Waals surface area contributed by atoms with Crippen LogP contribution in [0.15, 0.2) is 24.3 Å². The van der Waals surface area contributed by atoms with Gasteiger partial charge in [-0.1, -0.05) is 180 Å². The second kappa shape index (κ2) is 41.5. The normalized spacial score (nSPS) is 13.5. The fourth-order valence-corrected chi connectivity index (χ4v) is 6.95. The van der Waals surface area contributed by atoms with Gasteiger partial charge in [-0.3, -0.25) is 9.59 Å². The molecule has 3 unspecified atom stereocenters. The van der Waals surface area contributed by atoms with Crippen molar-refractivity contribution in [3.8, 4) is 0 Å². The van der Waals surface area contributed by atoms with Crippen molar-refractivity contribution >= 4 is 11.9 Å². The summed E-state index contributed by atoms with van der Waals surface area (Å²) in [5.74, 6) is -0.518. The molecular formula is C47H89NO5. The highest BCUT2D eigenvalue weighted by Gasteiger charge is 2.24. The summed E-state index contributed by atoms with van der Waals surface area (Å²) in [5.41, 5.74) is 0. The van der Waals surface area contributed by atoms with Gasteiger partial charge in [-0.2, -0.15) is 0 Å². The molecule has 0 aliphatic carbocycles. The van der Waals surface area contributed by atoms with Gasteiger partial charge in [0.05, 0.1) is 25.2 Å². The van der Waals surface area contributed by atoms with Gasteiger partial charge in [0.25, 0.3) is 0 Å². The van der Waals surface area contributed by atoms with Crippen molar-refractivity contribution in [2.45, 2.75) is 257 Å². The standard InChI is InChI=1S/C47H89NO5/c1-4-7-10-13-16-19-22-23-25-28-31-34-37-40-47(52)53-43(38-35-32-29-26-24-20-17-14-11-8-5-2)41-46(51)48-44(42-49)45(50)39-36-33-30-27-21-18-15-12-9-6-3/h23,25-26,29,43-45,49-50H,4-22,24,27-28,30-42H2,1-3H3,(H,48,51)/b25-23-,29-26-. The van der Waals surface area contributed by atoms with Gasteiger partial charge in [0, 0.05) is 6.42 Å². The largest absolute Gasteiger partial charge is 0.462 e. The predicted molar refractivity (Wildman–Crippen MR) is 227 cm³/mol. The number of nitrogens with one attached hydrogen (secondary N) is 1. The van der Waals surface area contributed by atoms with E-state index in [1.807, 2.05) is 0 Å². The number of carbonyl (C=O) groups excluding carboxylic acids is 2. The van der Waals surface area contributed by atoms with Crippen LogP contribution in [-0.4, -0.2) is 46.9 Å². The zero-order valence-corrected chi connectivity index (χ0v) is 35.4. The Kier molecular flexibility index (Phi) is 40.2. The molecule has 0 aliphatic rings. The molecule has 0 bridgehead atoms. The molecule has 6 heteroatoms. The molecule has 0 aromatic carbocycles. The molecule has 0 saturated carbocycles. The van der Waals surface area contributed by atoms with Crippen LogP contribution in [0, 0.1) is 0 Å². The van der Waals surface area contributed by atoms with E-state index in [0.29, 0.717) is 19.3 Å². The molecule has 6 nitrogen and oxygen atoms in total. The maximum absolute atomic E-state index is 13.1. The van der Waals surface area contributed by atoms with Crippen molar-refractivity contribution in [2.75, 3.05) is 6.61 Å². The Hall–Kier alpha value is -1.66. The fraction of sp³-hybridized carbons (Fsp3) is 0.872. The zero-order chi connectivity index (χ0) is 38.9. The van der Waals surface area contributed by atoms with Crippen LogP contribution in [0.25, 0.3) is 0 Å². The number of aliphatic hydroxyl groups excluding tert-OH is 2. The Morgan fingerprint density at radius 2 is 0.925 bits per heavy atom. The number of unbranched alkanes of at least 4 members (excludes halogenated alkanes) is 25. The first-order valence-corrected chi connectivity index (χ1v) is 23.1. The molecule has 3 N–H and O–H groups in total. The smallest absolute Gasteiger partial charge is 0.306 e. The lowest BCUT2D eigenvalue weighted by Gasteiger charge is -2.24. The average Bonchev–Trinajstić information content (AvgIpc) is 3.15. The predicted octanol–water partition coefficient (Wildman–Crippen LogP) is 13.2. The minimum absolute atomic E-state index is 0.0537. The number of aliphatic hydroxyl groups is 2. The van der Waals surface area contributed by atoms with E-state index >= 15 is 0 Å². The van der Waals surface area contributed by atoms with Crippen LogP contribution in [0.4, 0.5) is 0 Å². The Bertz CT molecular complexity index is 843. The van der Waals surface area contributed by atoms with E-state index in [4.69, 9.17) is 4.74 Å². The lowest BCUT2D eigenvalue weighted by Crippen LogP contribution is -2.46. The van der Waals surface area contributed by atoms with E-state index in [1.54, 1.807) is 0 Å². The maximum Gasteiger partial charge on any atom is 0.306 e. The van der Waals surface area contributed by atoms with Gasteiger partial charge in [-0.15, -0.1) is 0 Å².